The Morgan fingerprint density at radius 2 is 0.833 bits per heavy atom. The predicted octanol–water partition coefficient (Wildman–Crippen LogP) is 6.96. The number of hydrogen-bond acceptors (Lipinski definition) is 1. The van der Waals surface area contributed by atoms with Crippen LogP contribution in [0.4, 0.5) is 22.7 Å². The Bertz CT molecular complexity index is 1250. The van der Waals surface area contributed by atoms with E-state index in [1.165, 1.54) is 44.8 Å². The molecule has 0 unspecified atom stereocenters. The summed E-state index contributed by atoms with van der Waals surface area (Å²) < 4.78 is 0.741. The van der Waals surface area contributed by atoms with Gasteiger partial charge in [-0.15, -0.1) is 0 Å². The molecule has 2 aliphatic heterocycles. The first-order chi connectivity index (χ1) is 14.7. The van der Waals surface area contributed by atoms with E-state index >= 15 is 0 Å². The smallest absolute Gasteiger partial charge is 0.145 e. The van der Waals surface area contributed by atoms with Gasteiger partial charge in [0.1, 0.15) is 11.4 Å². The van der Waals surface area contributed by atoms with Crippen molar-refractivity contribution in [2.24, 2.45) is 0 Å². The van der Waals surface area contributed by atoms with Crippen LogP contribution in [0.2, 0.25) is 0 Å². The molecule has 4 aromatic carbocycles. The highest BCUT2D eigenvalue weighted by Crippen LogP contribution is 2.53. The molecular formula is C28H23N2+. The number of nitrogens with one attached hydrogen (secondary N) is 1. The van der Waals surface area contributed by atoms with E-state index < -0.39 is 0 Å². The van der Waals surface area contributed by atoms with E-state index in [1.54, 1.807) is 0 Å². The number of hydrogen-bond donors (Lipinski definition) is 1. The second-order valence-electron chi connectivity index (χ2n) is 8.45. The van der Waals surface area contributed by atoms with Crippen molar-refractivity contribution in [1.82, 2.24) is 4.48 Å². The summed E-state index contributed by atoms with van der Waals surface area (Å²) in [7, 11) is 4.56. The Hall–Kier alpha value is -3.62. The Balaban J connectivity index is 1.82. The van der Waals surface area contributed by atoms with Gasteiger partial charge < -0.3 is 5.32 Å². The van der Waals surface area contributed by atoms with Crippen molar-refractivity contribution in [2.45, 2.75) is 0 Å². The highest BCUT2D eigenvalue weighted by molar-refractivity contribution is 6.14. The molecule has 4 aromatic rings. The van der Waals surface area contributed by atoms with Crippen LogP contribution in [-0.2, 0) is 0 Å². The summed E-state index contributed by atoms with van der Waals surface area (Å²) >= 11 is 0. The van der Waals surface area contributed by atoms with Crippen molar-refractivity contribution in [1.29, 1.82) is 0 Å². The number of fused-ring (bicyclic) bond motifs is 4. The maximum absolute atomic E-state index is 3.64. The first-order valence-corrected chi connectivity index (χ1v) is 10.4. The van der Waals surface area contributed by atoms with Crippen molar-refractivity contribution in [3.63, 3.8) is 0 Å². The molecule has 0 aromatic heterocycles. The second kappa shape index (κ2) is 6.19. The summed E-state index contributed by atoms with van der Waals surface area (Å²) in [5, 5.41) is 3.64. The van der Waals surface area contributed by atoms with Crippen LogP contribution in [0.25, 0.3) is 11.1 Å². The average molecular weight is 388 g/mol. The van der Waals surface area contributed by atoms with Crippen molar-refractivity contribution < 1.29 is 0 Å². The van der Waals surface area contributed by atoms with Gasteiger partial charge in [0.2, 0.25) is 0 Å². The molecule has 1 N–H and O–H groups in total. The number of rotatable bonds is 0. The molecule has 0 atom stereocenters. The van der Waals surface area contributed by atoms with Gasteiger partial charge in [-0.2, -0.15) is 0 Å². The largest absolute Gasteiger partial charge is 0.355 e. The molecule has 144 valence electrons. The third kappa shape index (κ3) is 2.28. The zero-order valence-corrected chi connectivity index (χ0v) is 17.2. The quantitative estimate of drug-likeness (QED) is 0.283. The zero-order chi connectivity index (χ0) is 20.3. The van der Waals surface area contributed by atoms with Crippen molar-refractivity contribution in [3.05, 3.63) is 119 Å². The van der Waals surface area contributed by atoms with E-state index in [-0.39, 0.29) is 0 Å². The van der Waals surface area contributed by atoms with Crippen LogP contribution in [0.5, 0.6) is 0 Å². The lowest BCUT2D eigenvalue weighted by molar-refractivity contribution is 0.548. The topological polar surface area (TPSA) is 12.0 Å². The maximum Gasteiger partial charge on any atom is 0.145 e. The summed E-state index contributed by atoms with van der Waals surface area (Å²) in [6, 6.07) is 35.0. The van der Waals surface area contributed by atoms with E-state index in [1.807, 2.05) is 0 Å². The molecule has 2 nitrogen and oxygen atoms in total. The van der Waals surface area contributed by atoms with E-state index in [4.69, 9.17) is 0 Å². The SMILES string of the molecule is C[N+]1(C)c2ccccc2C(=C2c3ccccc3Nc3ccccc32)c2ccccc21. The van der Waals surface area contributed by atoms with Gasteiger partial charge in [-0.05, 0) is 24.3 Å². The molecule has 2 aliphatic rings. The number of nitrogens with zero attached hydrogens (tertiary/aromatic N) is 1. The van der Waals surface area contributed by atoms with Gasteiger partial charge in [0.05, 0.1) is 14.1 Å². The standard InChI is InChI=1S/C28H23N2/c1-30(2)25-17-9-5-13-21(25)28(22-14-6-10-18-26(22)30)27-19-11-3-7-15-23(19)29-24-16-8-4-12-20(24)27/h3-18,29H,1-2H3/q+1. The number of anilines is 2. The van der Waals surface area contributed by atoms with Crippen LogP contribution in [-0.4, -0.2) is 14.1 Å². The van der Waals surface area contributed by atoms with E-state index in [0.717, 1.165) is 15.9 Å². The minimum absolute atomic E-state index is 0.741. The molecule has 0 spiro atoms. The first-order valence-electron chi connectivity index (χ1n) is 10.4. The molecule has 2 heteroatoms. The van der Waals surface area contributed by atoms with Crippen molar-refractivity contribution in [2.75, 3.05) is 19.4 Å². The molecule has 0 fully saturated rings. The molecule has 0 saturated heterocycles. The van der Waals surface area contributed by atoms with Gasteiger partial charge in [-0.25, -0.2) is 0 Å². The molecule has 0 amide bonds. The van der Waals surface area contributed by atoms with E-state index in [0.29, 0.717) is 0 Å². The molecule has 2 heterocycles. The van der Waals surface area contributed by atoms with Gasteiger partial charge in [-0.3, -0.25) is 4.48 Å². The fourth-order valence-corrected chi connectivity index (χ4v) is 5.07. The van der Waals surface area contributed by atoms with Gasteiger partial charge in [0, 0.05) is 56.9 Å². The Labute approximate surface area is 177 Å². The highest BCUT2D eigenvalue weighted by Gasteiger charge is 2.38. The molecular weight excluding hydrogens is 364 g/mol. The number of para-hydroxylation sites is 4. The summed E-state index contributed by atoms with van der Waals surface area (Å²) in [6.45, 7) is 0. The lowest BCUT2D eigenvalue weighted by atomic mass is 9.79. The number of benzene rings is 4. The Kier molecular flexibility index (Phi) is 3.56. The van der Waals surface area contributed by atoms with Crippen LogP contribution in [0.1, 0.15) is 22.3 Å². The van der Waals surface area contributed by atoms with Crippen LogP contribution < -0.4 is 9.80 Å². The Morgan fingerprint density at radius 1 is 0.467 bits per heavy atom. The van der Waals surface area contributed by atoms with Gasteiger partial charge in [-0.1, -0.05) is 60.7 Å². The number of quaternary nitrogens is 1. The second-order valence-corrected chi connectivity index (χ2v) is 8.45. The summed E-state index contributed by atoms with van der Waals surface area (Å²) in [5.41, 5.74) is 12.7. The van der Waals surface area contributed by atoms with Crippen LogP contribution in [0.3, 0.4) is 0 Å². The fraction of sp³-hybridized carbons (Fsp3) is 0.0714. The molecule has 30 heavy (non-hydrogen) atoms. The summed E-state index contributed by atoms with van der Waals surface area (Å²) in [5.74, 6) is 0. The third-order valence-corrected chi connectivity index (χ3v) is 6.46. The molecule has 0 bridgehead atoms. The van der Waals surface area contributed by atoms with Gasteiger partial charge in [0.25, 0.3) is 0 Å². The first kappa shape index (κ1) is 17.3. The monoisotopic (exact) mass is 387 g/mol. The fourth-order valence-electron chi connectivity index (χ4n) is 5.07. The summed E-state index contributed by atoms with van der Waals surface area (Å²) in [6.07, 6.45) is 0. The Morgan fingerprint density at radius 3 is 1.33 bits per heavy atom. The van der Waals surface area contributed by atoms with Crippen LogP contribution in [0, 0.1) is 0 Å². The third-order valence-electron chi connectivity index (χ3n) is 6.46. The lowest BCUT2D eigenvalue weighted by Crippen LogP contribution is -2.38. The lowest BCUT2D eigenvalue weighted by Gasteiger charge is -2.38. The van der Waals surface area contributed by atoms with Crippen molar-refractivity contribution in [3.8, 4) is 0 Å². The molecule has 6 rings (SSSR count). The zero-order valence-electron chi connectivity index (χ0n) is 17.2. The normalized spacial score (nSPS) is 15.4. The molecule has 0 radical (unpaired) electrons. The minimum atomic E-state index is 0.741. The van der Waals surface area contributed by atoms with E-state index in [9.17, 15) is 0 Å². The van der Waals surface area contributed by atoms with Gasteiger partial charge >= 0.3 is 0 Å². The molecule has 0 aliphatic carbocycles. The van der Waals surface area contributed by atoms with E-state index in [2.05, 4.69) is 116 Å². The summed E-state index contributed by atoms with van der Waals surface area (Å²) in [4.78, 5) is 0. The maximum atomic E-state index is 3.64. The predicted molar refractivity (Wildman–Crippen MR) is 127 cm³/mol. The minimum Gasteiger partial charge on any atom is -0.355 e. The highest BCUT2D eigenvalue weighted by atomic mass is 15.3. The van der Waals surface area contributed by atoms with Crippen molar-refractivity contribution >= 4 is 33.9 Å². The molecule has 0 saturated carbocycles. The average Bonchev–Trinajstić information content (AvgIpc) is 2.79. The van der Waals surface area contributed by atoms with Gasteiger partial charge in [0.15, 0.2) is 0 Å². The van der Waals surface area contributed by atoms with Crippen LogP contribution in [0.15, 0.2) is 97.1 Å². The van der Waals surface area contributed by atoms with Crippen LogP contribution >= 0.6 is 0 Å².